The van der Waals surface area contributed by atoms with Gasteiger partial charge < -0.3 is 34.6 Å². The molecule has 0 atom stereocenters. The lowest BCUT2D eigenvalue weighted by Gasteiger charge is -2.24. The van der Waals surface area contributed by atoms with Crippen LogP contribution in [-0.2, 0) is 78.9 Å². The fourth-order valence-electron chi connectivity index (χ4n) is 6.14. The van der Waals surface area contributed by atoms with Crippen LogP contribution in [0.2, 0.25) is 0 Å². The highest BCUT2D eigenvalue weighted by atomic mass is 16.5. The molecular weight excluding hydrogens is 849 g/mol. The van der Waals surface area contributed by atoms with Gasteiger partial charge in [-0.05, 0) is 35.1 Å². The average Bonchev–Trinajstić information content (AvgIpc) is 3.23. The second kappa shape index (κ2) is 31.3. The molecule has 0 unspecified atom stereocenters. The van der Waals surface area contributed by atoms with Crippen molar-refractivity contribution in [2.75, 3.05) is 72.1 Å². The first-order chi connectivity index (χ1) is 31.0. The molecule has 0 aromatic heterocycles. The lowest BCUT2D eigenvalue weighted by Crippen LogP contribution is -2.43. The number of ether oxygens (including phenoxy) is 3. The lowest BCUT2D eigenvalue weighted by molar-refractivity contribution is -0.149. The Labute approximate surface area is 378 Å². The number of Topliss-reactive ketones (excluding diaryl/α,β-unsaturated/α-hetero) is 1. The van der Waals surface area contributed by atoms with E-state index >= 15 is 0 Å². The van der Waals surface area contributed by atoms with Gasteiger partial charge in [0.15, 0.2) is 0 Å². The Bertz CT molecular complexity index is 1870. The Balaban J connectivity index is 0.000000502. The molecular formula is C46H60N4O15. The molecule has 65 heavy (non-hydrogen) atoms. The van der Waals surface area contributed by atoms with E-state index in [0.29, 0.717) is 19.3 Å². The number of hydrogen-bond acceptors (Lipinski definition) is 15. The summed E-state index contributed by atoms with van der Waals surface area (Å²) >= 11 is 0. The van der Waals surface area contributed by atoms with Crippen LogP contribution in [-0.4, -0.2) is 160 Å². The number of rotatable bonds is 31. The number of nitrogens with zero attached hydrogens (tertiary/aromatic N) is 4. The van der Waals surface area contributed by atoms with Crippen molar-refractivity contribution in [1.82, 2.24) is 19.6 Å². The summed E-state index contributed by atoms with van der Waals surface area (Å²) in [5.74, 6) is -6.06. The molecule has 4 N–H and O–H groups in total. The van der Waals surface area contributed by atoms with Crippen molar-refractivity contribution in [3.8, 4) is 0 Å². The summed E-state index contributed by atoms with van der Waals surface area (Å²) in [6, 6.07) is 25.4. The Morgan fingerprint density at radius 1 is 0.431 bits per heavy atom. The van der Waals surface area contributed by atoms with Crippen molar-refractivity contribution < 1.29 is 73.0 Å². The van der Waals surface area contributed by atoms with Crippen LogP contribution in [0.15, 0.2) is 84.9 Å². The van der Waals surface area contributed by atoms with Gasteiger partial charge in [-0.3, -0.25) is 58.0 Å². The number of carboxylic acids is 4. The Morgan fingerprint density at radius 3 is 1.20 bits per heavy atom. The SMILES string of the molecule is CCCOC(=O)CN(CCN(CC(=O)O)CC(=O)CCC)CC(=O)O.O=C(O)CN(CC(=O)OCc1ccccc1)Cc1cccc(CN(CC(=O)O)CC(=O)OCc2ccccc2)c1. The van der Waals surface area contributed by atoms with E-state index in [1.54, 1.807) is 24.3 Å². The van der Waals surface area contributed by atoms with Gasteiger partial charge in [-0.2, -0.15) is 0 Å². The molecule has 3 aromatic carbocycles. The zero-order chi connectivity index (χ0) is 48.0. The Morgan fingerprint density at radius 2 is 0.800 bits per heavy atom. The minimum absolute atomic E-state index is 0.0126. The van der Waals surface area contributed by atoms with E-state index in [2.05, 4.69) is 0 Å². The van der Waals surface area contributed by atoms with E-state index < -0.39 is 41.8 Å². The number of hydrogen-bond donors (Lipinski definition) is 4. The van der Waals surface area contributed by atoms with Gasteiger partial charge in [0.2, 0.25) is 0 Å². The Hall–Kier alpha value is -6.54. The molecule has 0 heterocycles. The number of carboxylic acid groups (broad SMARTS) is 4. The van der Waals surface area contributed by atoms with E-state index in [-0.39, 0.29) is 104 Å². The molecule has 0 aliphatic heterocycles. The third-order valence-corrected chi connectivity index (χ3v) is 8.91. The number of aliphatic carboxylic acids is 4. The number of benzene rings is 3. The van der Waals surface area contributed by atoms with Crippen LogP contribution in [0.1, 0.15) is 55.4 Å². The minimum Gasteiger partial charge on any atom is -0.480 e. The van der Waals surface area contributed by atoms with Crippen LogP contribution in [0, 0.1) is 0 Å². The molecule has 3 rings (SSSR count). The summed E-state index contributed by atoms with van der Waals surface area (Å²) in [5, 5.41) is 36.6. The highest BCUT2D eigenvalue weighted by Crippen LogP contribution is 2.13. The zero-order valence-electron chi connectivity index (χ0n) is 36.9. The number of carbonyl (C=O) groups is 8. The van der Waals surface area contributed by atoms with Crippen LogP contribution in [0.3, 0.4) is 0 Å². The van der Waals surface area contributed by atoms with Gasteiger partial charge in [-0.1, -0.05) is 98.8 Å². The third kappa shape index (κ3) is 26.6. The van der Waals surface area contributed by atoms with Crippen molar-refractivity contribution in [3.63, 3.8) is 0 Å². The average molecular weight is 909 g/mol. The number of ketones is 1. The predicted molar refractivity (Wildman–Crippen MR) is 234 cm³/mol. The molecule has 0 saturated heterocycles. The Kier molecular flexibility index (Phi) is 26.3. The smallest absolute Gasteiger partial charge is 0.320 e. The number of carbonyl (C=O) groups excluding carboxylic acids is 4. The van der Waals surface area contributed by atoms with Gasteiger partial charge in [0.25, 0.3) is 0 Å². The van der Waals surface area contributed by atoms with E-state index in [9.17, 15) is 48.6 Å². The first-order valence-electron chi connectivity index (χ1n) is 21.0. The minimum atomic E-state index is -1.10. The summed E-state index contributed by atoms with van der Waals surface area (Å²) in [6.07, 6.45) is 1.70. The van der Waals surface area contributed by atoms with Crippen molar-refractivity contribution in [3.05, 3.63) is 107 Å². The van der Waals surface area contributed by atoms with Crippen LogP contribution >= 0.6 is 0 Å². The van der Waals surface area contributed by atoms with Crippen LogP contribution in [0.25, 0.3) is 0 Å². The molecule has 0 radical (unpaired) electrons. The lowest BCUT2D eigenvalue weighted by atomic mass is 10.1. The molecule has 0 spiro atoms. The van der Waals surface area contributed by atoms with Crippen molar-refractivity contribution in [2.24, 2.45) is 0 Å². The molecule has 3 aromatic rings. The van der Waals surface area contributed by atoms with Crippen LogP contribution in [0.4, 0.5) is 0 Å². The highest BCUT2D eigenvalue weighted by Gasteiger charge is 2.21. The van der Waals surface area contributed by atoms with Gasteiger partial charge >= 0.3 is 41.8 Å². The summed E-state index contributed by atoms with van der Waals surface area (Å²) in [5.41, 5.74) is 3.08. The molecule has 0 saturated carbocycles. The summed E-state index contributed by atoms with van der Waals surface area (Å²) in [6.45, 7) is 2.65. The molecule has 0 aliphatic carbocycles. The van der Waals surface area contributed by atoms with Crippen LogP contribution < -0.4 is 0 Å². The molecule has 19 heteroatoms. The second-order valence-corrected chi connectivity index (χ2v) is 14.9. The monoisotopic (exact) mass is 908 g/mol. The third-order valence-electron chi connectivity index (χ3n) is 8.91. The quantitative estimate of drug-likeness (QED) is 0.0534. The molecule has 0 bridgehead atoms. The summed E-state index contributed by atoms with van der Waals surface area (Å²) in [7, 11) is 0. The van der Waals surface area contributed by atoms with Gasteiger partial charge in [0, 0.05) is 32.6 Å². The predicted octanol–water partition coefficient (Wildman–Crippen LogP) is 3.03. The van der Waals surface area contributed by atoms with Crippen LogP contribution in [0.5, 0.6) is 0 Å². The van der Waals surface area contributed by atoms with Gasteiger partial charge in [0.1, 0.15) is 19.0 Å². The molecule has 0 aliphatic rings. The van der Waals surface area contributed by atoms with E-state index in [1.807, 2.05) is 74.5 Å². The zero-order valence-corrected chi connectivity index (χ0v) is 36.9. The maximum absolute atomic E-state index is 12.4. The molecule has 0 amide bonds. The van der Waals surface area contributed by atoms with Gasteiger partial charge in [0.05, 0.1) is 59.0 Å². The van der Waals surface area contributed by atoms with Crippen molar-refractivity contribution in [1.29, 1.82) is 0 Å². The second-order valence-electron chi connectivity index (χ2n) is 14.9. The fraction of sp³-hybridized carbons (Fsp3) is 0.435. The first kappa shape index (κ1) is 54.6. The first-order valence-corrected chi connectivity index (χ1v) is 21.0. The summed E-state index contributed by atoms with van der Waals surface area (Å²) < 4.78 is 15.5. The van der Waals surface area contributed by atoms with E-state index in [1.165, 1.54) is 19.6 Å². The van der Waals surface area contributed by atoms with Gasteiger partial charge in [-0.15, -0.1) is 0 Å². The van der Waals surface area contributed by atoms with Crippen molar-refractivity contribution in [2.45, 2.75) is 59.4 Å². The maximum Gasteiger partial charge on any atom is 0.320 e. The largest absolute Gasteiger partial charge is 0.480 e. The van der Waals surface area contributed by atoms with E-state index in [4.69, 9.17) is 24.4 Å². The highest BCUT2D eigenvalue weighted by molar-refractivity contribution is 5.81. The maximum atomic E-state index is 12.4. The molecule has 0 fully saturated rings. The van der Waals surface area contributed by atoms with Crippen molar-refractivity contribution >= 4 is 47.6 Å². The topological polar surface area (TPSA) is 258 Å². The fourth-order valence-corrected chi connectivity index (χ4v) is 6.14. The number of esters is 3. The standard InChI is InChI=1S/C30H32N2O8.C16H28N2O7/c33-27(34)17-31(19-29(37)39-21-23-8-3-1-4-9-23)15-25-12-7-13-26(14-25)16-32(18-28(35)36)20-30(38)40-22-24-10-5-2-6-11-24;1-3-5-13(19)9-17(10-14(20)21)6-7-18(11-15(22)23)12-16(24)25-8-4-2/h1-14H,15-22H2,(H,33,34)(H,35,36);3-12H2,1-2H3,(H,20,21)(H,22,23). The van der Waals surface area contributed by atoms with Gasteiger partial charge in [-0.25, -0.2) is 0 Å². The molecule has 354 valence electrons. The van der Waals surface area contributed by atoms with E-state index in [0.717, 1.165) is 22.3 Å². The molecule has 19 nitrogen and oxygen atoms in total. The normalized spacial score (nSPS) is 10.9. The summed E-state index contributed by atoms with van der Waals surface area (Å²) in [4.78, 5) is 98.6.